The highest BCUT2D eigenvalue weighted by Gasteiger charge is 2.31. The minimum atomic E-state index is 0.360. The molecule has 3 unspecified atom stereocenters. The molecule has 3 nitrogen and oxygen atoms in total. The summed E-state index contributed by atoms with van der Waals surface area (Å²) < 4.78 is 11.7. The fourth-order valence-electron chi connectivity index (χ4n) is 3.02. The minimum absolute atomic E-state index is 0.360. The van der Waals surface area contributed by atoms with E-state index in [0.29, 0.717) is 18.1 Å². The van der Waals surface area contributed by atoms with E-state index in [1.54, 1.807) is 0 Å². The maximum absolute atomic E-state index is 6.12. The molecule has 1 aliphatic rings. The van der Waals surface area contributed by atoms with Gasteiger partial charge in [-0.3, -0.25) is 0 Å². The molecule has 0 spiro atoms. The predicted octanol–water partition coefficient (Wildman–Crippen LogP) is 3.48. The molecule has 0 bridgehead atoms. The number of ether oxygens (including phenoxy) is 2. The monoisotopic (exact) mass is 285 g/mol. The third-order valence-corrected chi connectivity index (χ3v) is 4.25. The van der Waals surface area contributed by atoms with E-state index >= 15 is 0 Å². The highest BCUT2D eigenvalue weighted by atomic mass is 16.5. The molecular weight excluding hydrogens is 250 g/mol. The molecule has 0 aromatic carbocycles. The Kier molecular flexibility index (Phi) is 8.74. The van der Waals surface area contributed by atoms with Crippen LogP contribution in [0.15, 0.2) is 0 Å². The second kappa shape index (κ2) is 9.75. The topological polar surface area (TPSA) is 30.5 Å². The highest BCUT2D eigenvalue weighted by molar-refractivity contribution is 4.86. The summed E-state index contributed by atoms with van der Waals surface area (Å²) in [6, 6.07) is 0.528. The van der Waals surface area contributed by atoms with Gasteiger partial charge in [-0.25, -0.2) is 0 Å². The van der Waals surface area contributed by atoms with Crippen molar-refractivity contribution in [1.29, 1.82) is 0 Å². The van der Waals surface area contributed by atoms with Crippen LogP contribution in [-0.2, 0) is 9.47 Å². The Morgan fingerprint density at radius 3 is 2.45 bits per heavy atom. The Hall–Kier alpha value is -0.120. The second-order valence-electron chi connectivity index (χ2n) is 6.86. The van der Waals surface area contributed by atoms with Crippen molar-refractivity contribution in [1.82, 2.24) is 5.32 Å². The van der Waals surface area contributed by atoms with Gasteiger partial charge in [0.05, 0.1) is 19.3 Å². The van der Waals surface area contributed by atoms with E-state index in [4.69, 9.17) is 9.47 Å². The van der Waals surface area contributed by atoms with Crippen molar-refractivity contribution in [2.45, 2.75) is 66.0 Å². The van der Waals surface area contributed by atoms with Gasteiger partial charge >= 0.3 is 0 Å². The van der Waals surface area contributed by atoms with Gasteiger partial charge in [-0.05, 0) is 43.6 Å². The molecule has 0 saturated heterocycles. The summed E-state index contributed by atoms with van der Waals surface area (Å²) in [5.74, 6) is 2.18. The smallest absolute Gasteiger partial charge is 0.0731 e. The SMILES string of the molecule is CCNC1CCC(C(C)C)CC1OCCOCC(C)C. The van der Waals surface area contributed by atoms with Crippen LogP contribution in [0.1, 0.15) is 53.9 Å². The Labute approximate surface area is 125 Å². The molecule has 3 heteroatoms. The summed E-state index contributed by atoms with van der Waals surface area (Å²) in [5, 5.41) is 3.59. The first-order valence-electron chi connectivity index (χ1n) is 8.47. The fraction of sp³-hybridized carbons (Fsp3) is 1.00. The molecule has 1 aliphatic carbocycles. The van der Waals surface area contributed by atoms with E-state index in [2.05, 4.69) is 39.9 Å². The first-order chi connectivity index (χ1) is 9.54. The number of nitrogens with one attached hydrogen (secondary N) is 1. The van der Waals surface area contributed by atoms with Crippen molar-refractivity contribution >= 4 is 0 Å². The fourth-order valence-corrected chi connectivity index (χ4v) is 3.02. The highest BCUT2D eigenvalue weighted by Crippen LogP contribution is 2.31. The third-order valence-electron chi connectivity index (χ3n) is 4.25. The number of hydrogen-bond donors (Lipinski definition) is 1. The Bertz CT molecular complexity index is 243. The van der Waals surface area contributed by atoms with Gasteiger partial charge in [0.15, 0.2) is 0 Å². The molecule has 20 heavy (non-hydrogen) atoms. The molecule has 1 saturated carbocycles. The molecule has 1 rings (SSSR count). The molecular formula is C17H35NO2. The molecule has 1 fully saturated rings. The molecule has 0 amide bonds. The van der Waals surface area contributed by atoms with Crippen molar-refractivity contribution in [2.75, 3.05) is 26.4 Å². The second-order valence-corrected chi connectivity index (χ2v) is 6.86. The summed E-state index contributed by atoms with van der Waals surface area (Å²) in [6.45, 7) is 14.5. The van der Waals surface area contributed by atoms with Gasteiger partial charge < -0.3 is 14.8 Å². The van der Waals surface area contributed by atoms with Gasteiger partial charge in [-0.2, -0.15) is 0 Å². The largest absolute Gasteiger partial charge is 0.379 e. The van der Waals surface area contributed by atoms with E-state index in [0.717, 1.165) is 38.2 Å². The summed E-state index contributed by atoms with van der Waals surface area (Å²) in [5.41, 5.74) is 0. The first kappa shape index (κ1) is 17.9. The van der Waals surface area contributed by atoms with Crippen LogP contribution >= 0.6 is 0 Å². The first-order valence-corrected chi connectivity index (χ1v) is 8.47. The lowest BCUT2D eigenvalue weighted by atomic mass is 9.78. The zero-order valence-electron chi connectivity index (χ0n) is 14.2. The summed E-state index contributed by atoms with van der Waals surface area (Å²) >= 11 is 0. The van der Waals surface area contributed by atoms with Crippen molar-refractivity contribution in [3.05, 3.63) is 0 Å². The van der Waals surface area contributed by atoms with E-state index in [9.17, 15) is 0 Å². The molecule has 120 valence electrons. The van der Waals surface area contributed by atoms with Crippen molar-refractivity contribution < 1.29 is 9.47 Å². The van der Waals surface area contributed by atoms with Crippen LogP contribution in [0.25, 0.3) is 0 Å². The van der Waals surface area contributed by atoms with Gasteiger partial charge in [0.2, 0.25) is 0 Å². The Morgan fingerprint density at radius 1 is 1.10 bits per heavy atom. The summed E-state index contributed by atoms with van der Waals surface area (Å²) in [7, 11) is 0. The zero-order valence-corrected chi connectivity index (χ0v) is 14.2. The standard InChI is InChI=1S/C17H35NO2/c1-6-18-16-8-7-15(14(4)5)11-17(16)20-10-9-19-12-13(2)3/h13-18H,6-12H2,1-5H3. The lowest BCUT2D eigenvalue weighted by Gasteiger charge is -2.38. The van der Waals surface area contributed by atoms with Crippen LogP contribution < -0.4 is 5.32 Å². The van der Waals surface area contributed by atoms with Crippen molar-refractivity contribution in [3.8, 4) is 0 Å². The number of rotatable bonds is 9. The van der Waals surface area contributed by atoms with E-state index in [-0.39, 0.29) is 0 Å². The van der Waals surface area contributed by atoms with E-state index in [1.165, 1.54) is 19.3 Å². The maximum atomic E-state index is 6.12. The van der Waals surface area contributed by atoms with Gasteiger partial charge in [0.25, 0.3) is 0 Å². The van der Waals surface area contributed by atoms with E-state index < -0.39 is 0 Å². The average molecular weight is 285 g/mol. The lowest BCUT2D eigenvalue weighted by Crippen LogP contribution is -2.46. The maximum Gasteiger partial charge on any atom is 0.0731 e. The van der Waals surface area contributed by atoms with Crippen molar-refractivity contribution in [2.24, 2.45) is 17.8 Å². The molecule has 0 aromatic rings. The molecule has 0 aromatic heterocycles. The predicted molar refractivity (Wildman–Crippen MR) is 85.0 cm³/mol. The third kappa shape index (κ3) is 6.55. The minimum Gasteiger partial charge on any atom is -0.379 e. The molecule has 0 heterocycles. The normalized spacial score (nSPS) is 27.4. The van der Waals surface area contributed by atoms with Gasteiger partial charge in [0, 0.05) is 12.6 Å². The van der Waals surface area contributed by atoms with E-state index in [1.807, 2.05) is 0 Å². The van der Waals surface area contributed by atoms with Crippen LogP contribution in [0, 0.1) is 17.8 Å². The Balaban J connectivity index is 2.32. The molecule has 1 N–H and O–H groups in total. The zero-order chi connectivity index (χ0) is 15.0. The van der Waals surface area contributed by atoms with Crippen molar-refractivity contribution in [3.63, 3.8) is 0 Å². The van der Waals surface area contributed by atoms with Gasteiger partial charge in [-0.15, -0.1) is 0 Å². The number of likely N-dealkylation sites (N-methyl/N-ethyl adjacent to an activating group) is 1. The Morgan fingerprint density at radius 2 is 1.85 bits per heavy atom. The van der Waals surface area contributed by atoms with Crippen LogP contribution in [0.4, 0.5) is 0 Å². The number of hydrogen-bond acceptors (Lipinski definition) is 3. The molecule has 3 atom stereocenters. The summed E-state index contributed by atoms with van der Waals surface area (Å²) in [4.78, 5) is 0. The summed E-state index contributed by atoms with van der Waals surface area (Å²) in [6.07, 6.45) is 4.13. The molecule has 0 aliphatic heterocycles. The van der Waals surface area contributed by atoms with Crippen LogP contribution in [0.2, 0.25) is 0 Å². The quantitative estimate of drug-likeness (QED) is 0.658. The average Bonchev–Trinajstić information content (AvgIpc) is 2.39. The van der Waals surface area contributed by atoms with Crippen LogP contribution in [0.5, 0.6) is 0 Å². The van der Waals surface area contributed by atoms with Gasteiger partial charge in [-0.1, -0.05) is 34.6 Å². The van der Waals surface area contributed by atoms with Crippen LogP contribution in [-0.4, -0.2) is 38.5 Å². The van der Waals surface area contributed by atoms with Gasteiger partial charge in [0.1, 0.15) is 0 Å². The van der Waals surface area contributed by atoms with Crippen LogP contribution in [0.3, 0.4) is 0 Å². The molecule has 0 radical (unpaired) electrons. The lowest BCUT2D eigenvalue weighted by molar-refractivity contribution is -0.0427.